The van der Waals surface area contributed by atoms with Crippen LogP contribution >= 0.6 is 11.3 Å². The summed E-state index contributed by atoms with van der Waals surface area (Å²) in [5, 5.41) is 4.47. The summed E-state index contributed by atoms with van der Waals surface area (Å²) >= 11 is 1.74. The number of amides is 1. The number of hydrogen-bond donors (Lipinski definition) is 1. The fourth-order valence-electron chi connectivity index (χ4n) is 4.93. The lowest BCUT2D eigenvalue weighted by atomic mass is 9.81. The van der Waals surface area contributed by atoms with Crippen molar-refractivity contribution in [3.05, 3.63) is 53.3 Å². The number of nitrogens with one attached hydrogen (secondary N) is 1. The van der Waals surface area contributed by atoms with Crippen LogP contribution in [0.3, 0.4) is 0 Å². The molecule has 2 fully saturated rings. The molecule has 0 spiro atoms. The van der Waals surface area contributed by atoms with Gasteiger partial charge in [-0.1, -0.05) is 6.07 Å². The van der Waals surface area contributed by atoms with Gasteiger partial charge >= 0.3 is 0 Å². The maximum absolute atomic E-state index is 12.9. The first-order valence-electron chi connectivity index (χ1n) is 12.1. The van der Waals surface area contributed by atoms with Crippen LogP contribution < -0.4 is 5.32 Å². The minimum atomic E-state index is 0.207. The highest BCUT2D eigenvalue weighted by Crippen LogP contribution is 2.40. The molecule has 2 aliphatic rings. The van der Waals surface area contributed by atoms with Crippen molar-refractivity contribution in [3.63, 3.8) is 0 Å². The number of carbonyl (C=O) groups excluding carboxylic acids is 1. The number of carbonyl (C=O) groups is 1. The average molecular weight is 462 g/mol. The van der Waals surface area contributed by atoms with Crippen molar-refractivity contribution in [2.75, 3.05) is 18.4 Å². The second-order valence-corrected chi connectivity index (χ2v) is 10.3. The first-order valence-corrected chi connectivity index (χ1v) is 12.9. The fraction of sp³-hybridized carbons (Fsp3) is 0.462. The molecule has 1 amide bonds. The molecule has 0 aromatic carbocycles. The molecular formula is C26H31N5OS. The molecule has 0 radical (unpaired) electrons. The lowest BCUT2D eigenvalue weighted by Gasteiger charge is -2.33. The van der Waals surface area contributed by atoms with Crippen LogP contribution in [-0.2, 0) is 4.79 Å². The van der Waals surface area contributed by atoms with E-state index in [1.807, 2.05) is 43.5 Å². The second-order valence-electron chi connectivity index (χ2n) is 9.25. The van der Waals surface area contributed by atoms with E-state index in [2.05, 4.69) is 15.2 Å². The Morgan fingerprint density at radius 3 is 2.64 bits per heavy atom. The molecule has 1 aliphatic carbocycles. The molecule has 0 bridgehead atoms. The predicted octanol–water partition coefficient (Wildman–Crippen LogP) is 5.94. The third kappa shape index (κ3) is 5.24. The molecule has 7 heteroatoms. The number of anilines is 2. The maximum atomic E-state index is 12.9. The van der Waals surface area contributed by atoms with Gasteiger partial charge in [-0.3, -0.25) is 4.79 Å². The molecular weight excluding hydrogens is 430 g/mol. The van der Waals surface area contributed by atoms with Crippen molar-refractivity contribution < 1.29 is 4.79 Å². The van der Waals surface area contributed by atoms with Crippen molar-refractivity contribution in [1.82, 2.24) is 19.9 Å². The minimum Gasteiger partial charge on any atom is -0.342 e. The summed E-state index contributed by atoms with van der Waals surface area (Å²) in [6.45, 7) is 3.96. The van der Waals surface area contributed by atoms with Gasteiger partial charge < -0.3 is 10.2 Å². The first-order chi connectivity index (χ1) is 16.2. The monoisotopic (exact) mass is 461 g/mol. The predicted molar refractivity (Wildman–Crippen MR) is 133 cm³/mol. The number of rotatable bonds is 5. The molecule has 33 heavy (non-hydrogen) atoms. The van der Waals surface area contributed by atoms with Crippen molar-refractivity contribution >= 4 is 28.9 Å². The Labute approximate surface area is 199 Å². The Bertz CT molecular complexity index is 1100. The van der Waals surface area contributed by atoms with E-state index in [1.54, 1.807) is 17.5 Å². The van der Waals surface area contributed by atoms with E-state index in [4.69, 9.17) is 9.97 Å². The normalized spacial score (nSPS) is 21.1. The van der Waals surface area contributed by atoms with Gasteiger partial charge in [0.2, 0.25) is 5.91 Å². The lowest BCUT2D eigenvalue weighted by Crippen LogP contribution is -2.40. The maximum Gasteiger partial charge on any atom is 0.225 e. The largest absolute Gasteiger partial charge is 0.342 e. The third-order valence-corrected chi connectivity index (χ3v) is 7.97. The van der Waals surface area contributed by atoms with Crippen LogP contribution in [0.15, 0.2) is 42.7 Å². The van der Waals surface area contributed by atoms with E-state index in [1.165, 1.54) is 11.4 Å². The van der Waals surface area contributed by atoms with Crippen molar-refractivity contribution in [2.24, 2.45) is 5.92 Å². The summed E-state index contributed by atoms with van der Waals surface area (Å²) < 4.78 is 0. The summed E-state index contributed by atoms with van der Waals surface area (Å²) in [6.07, 6.45) is 11.4. The van der Waals surface area contributed by atoms with Gasteiger partial charge in [-0.15, -0.1) is 11.3 Å². The lowest BCUT2D eigenvalue weighted by molar-refractivity contribution is -0.137. The summed E-state index contributed by atoms with van der Waals surface area (Å²) in [7, 11) is 0. The van der Waals surface area contributed by atoms with Crippen LogP contribution in [0.2, 0.25) is 0 Å². The van der Waals surface area contributed by atoms with E-state index < -0.39 is 0 Å². The van der Waals surface area contributed by atoms with Gasteiger partial charge in [-0.2, -0.15) is 0 Å². The van der Waals surface area contributed by atoms with Gasteiger partial charge in [0, 0.05) is 37.3 Å². The van der Waals surface area contributed by atoms with E-state index in [0.717, 1.165) is 79.4 Å². The fourth-order valence-corrected chi connectivity index (χ4v) is 5.99. The highest BCUT2D eigenvalue weighted by Gasteiger charge is 2.31. The molecule has 5 rings (SSSR count). The Balaban J connectivity index is 1.21. The standard InChI is InChI=1S/C26H31N5OS/c1-18-12-13-27-24(16-18)30-23-7-5-6-21(29-23)22-17-28-25(33-22)19-8-10-20(11-9-19)26(32)31-14-3-2-4-15-31/h5-7,12-13,16-17,19-20H,2-4,8-11,14-15H2,1H3,(H,27,29,30)/t19-,20-. The number of piperidine rings is 1. The van der Waals surface area contributed by atoms with Gasteiger partial charge in [0.15, 0.2) is 0 Å². The molecule has 0 unspecified atom stereocenters. The molecule has 1 saturated carbocycles. The number of pyridine rings is 2. The molecule has 1 N–H and O–H groups in total. The molecule has 0 atom stereocenters. The van der Waals surface area contributed by atoms with E-state index in [9.17, 15) is 4.79 Å². The number of aryl methyl sites for hydroxylation is 1. The third-order valence-electron chi connectivity index (χ3n) is 6.79. The Morgan fingerprint density at radius 1 is 1.03 bits per heavy atom. The zero-order valence-electron chi connectivity index (χ0n) is 19.2. The summed E-state index contributed by atoms with van der Waals surface area (Å²) in [5.41, 5.74) is 2.08. The van der Waals surface area contributed by atoms with Gasteiger partial charge in [0.05, 0.1) is 15.6 Å². The van der Waals surface area contributed by atoms with Crippen LogP contribution in [0.1, 0.15) is 61.4 Å². The SMILES string of the molecule is Cc1ccnc(Nc2cccc(-c3cnc([C@H]4CC[C@H](C(=O)N5CCCCC5)CC4)s3)n2)c1. The summed E-state index contributed by atoms with van der Waals surface area (Å²) in [4.78, 5) is 29.9. The zero-order valence-corrected chi connectivity index (χ0v) is 20.0. The van der Waals surface area contributed by atoms with Gasteiger partial charge in [0.1, 0.15) is 11.6 Å². The first kappa shape index (κ1) is 22.0. The minimum absolute atomic E-state index is 0.207. The quantitative estimate of drug-likeness (QED) is 0.509. The molecule has 1 saturated heterocycles. The van der Waals surface area contributed by atoms with Crippen molar-refractivity contribution in [3.8, 4) is 10.6 Å². The zero-order chi connectivity index (χ0) is 22.6. The van der Waals surface area contributed by atoms with Gasteiger partial charge in [-0.05, 0) is 81.7 Å². The molecule has 1 aliphatic heterocycles. The number of aromatic nitrogens is 3. The van der Waals surface area contributed by atoms with Crippen LogP contribution in [0, 0.1) is 12.8 Å². The van der Waals surface area contributed by atoms with E-state index in [0.29, 0.717) is 11.8 Å². The number of nitrogens with zero attached hydrogens (tertiary/aromatic N) is 4. The highest BCUT2D eigenvalue weighted by atomic mass is 32.1. The highest BCUT2D eigenvalue weighted by molar-refractivity contribution is 7.15. The molecule has 3 aromatic heterocycles. The van der Waals surface area contributed by atoms with Crippen molar-refractivity contribution in [1.29, 1.82) is 0 Å². The van der Waals surface area contributed by atoms with Crippen LogP contribution in [-0.4, -0.2) is 38.8 Å². The van der Waals surface area contributed by atoms with Crippen LogP contribution in [0.5, 0.6) is 0 Å². The Kier molecular flexibility index (Phi) is 6.67. The molecule has 172 valence electrons. The van der Waals surface area contributed by atoms with E-state index >= 15 is 0 Å². The Hall–Kier alpha value is -2.80. The van der Waals surface area contributed by atoms with E-state index in [-0.39, 0.29) is 5.92 Å². The van der Waals surface area contributed by atoms with Gasteiger partial charge in [0.25, 0.3) is 0 Å². The van der Waals surface area contributed by atoms with Crippen LogP contribution in [0.4, 0.5) is 11.6 Å². The molecule has 4 heterocycles. The summed E-state index contributed by atoms with van der Waals surface area (Å²) in [5.74, 6) is 2.62. The smallest absolute Gasteiger partial charge is 0.225 e. The molecule has 6 nitrogen and oxygen atoms in total. The van der Waals surface area contributed by atoms with Gasteiger partial charge in [-0.25, -0.2) is 15.0 Å². The second kappa shape index (κ2) is 10.00. The molecule has 3 aromatic rings. The number of hydrogen-bond acceptors (Lipinski definition) is 6. The van der Waals surface area contributed by atoms with Crippen molar-refractivity contribution in [2.45, 2.75) is 57.8 Å². The van der Waals surface area contributed by atoms with Crippen LogP contribution in [0.25, 0.3) is 10.6 Å². The summed E-state index contributed by atoms with van der Waals surface area (Å²) in [6, 6.07) is 9.98. The number of likely N-dealkylation sites (tertiary alicyclic amines) is 1. The topological polar surface area (TPSA) is 71.0 Å². The average Bonchev–Trinajstić information content (AvgIpc) is 3.35. The number of thiazole rings is 1. The Morgan fingerprint density at radius 2 is 1.85 bits per heavy atom.